The molecule has 0 spiro atoms. The molecule has 0 fully saturated rings. The molecule has 4 rings (SSSR count). The van der Waals surface area contributed by atoms with E-state index in [1.165, 1.54) is 0 Å². The molecule has 0 aliphatic heterocycles. The number of carbonyl (C=O) groups is 1. The first-order chi connectivity index (χ1) is 14.0. The zero-order valence-electron chi connectivity index (χ0n) is 15.2. The Labute approximate surface area is 170 Å². The maximum Gasteiger partial charge on any atom is 0.328 e. The molecule has 1 amide bonds. The highest BCUT2D eigenvalue weighted by atomic mass is 35.5. The van der Waals surface area contributed by atoms with E-state index in [9.17, 15) is 14.4 Å². The van der Waals surface area contributed by atoms with Crippen LogP contribution in [0.1, 0.15) is 15.9 Å². The fraction of sp³-hybridized carbons (Fsp3) is 0.0455. The fourth-order valence-electron chi connectivity index (χ4n) is 3.14. The number of hydrogen-bond acceptors (Lipinski definition) is 3. The Hall–Kier alpha value is -3.64. The lowest BCUT2D eigenvalue weighted by Gasteiger charge is -2.10. The number of rotatable bonds is 4. The molecule has 0 unspecified atom stereocenters. The molecule has 1 heterocycles. The molecule has 0 saturated heterocycles. The number of aromatic amines is 1. The number of benzene rings is 3. The van der Waals surface area contributed by atoms with Gasteiger partial charge in [-0.05, 0) is 23.1 Å². The van der Waals surface area contributed by atoms with Crippen molar-refractivity contribution in [2.75, 3.05) is 5.32 Å². The lowest BCUT2D eigenvalue weighted by atomic mass is 10.1. The summed E-state index contributed by atoms with van der Waals surface area (Å²) < 4.78 is 0.958. The number of fused-ring (bicyclic) bond motifs is 1. The average molecular weight is 406 g/mol. The van der Waals surface area contributed by atoms with E-state index < -0.39 is 17.2 Å². The Bertz CT molecular complexity index is 1340. The molecule has 0 bridgehead atoms. The molecule has 2 N–H and O–H groups in total. The molecule has 3 aromatic carbocycles. The number of halogens is 1. The van der Waals surface area contributed by atoms with Crippen LogP contribution in [-0.4, -0.2) is 15.5 Å². The molecule has 0 aliphatic carbocycles. The summed E-state index contributed by atoms with van der Waals surface area (Å²) in [6, 6.07) is 20.0. The summed E-state index contributed by atoms with van der Waals surface area (Å²) in [5, 5.41) is 5.01. The van der Waals surface area contributed by atoms with Crippen molar-refractivity contribution in [3.05, 3.63) is 110 Å². The lowest BCUT2D eigenvalue weighted by Crippen LogP contribution is -2.39. The van der Waals surface area contributed by atoms with Gasteiger partial charge >= 0.3 is 5.69 Å². The van der Waals surface area contributed by atoms with Gasteiger partial charge in [0.05, 0.1) is 6.54 Å². The number of hydrogen-bond donors (Lipinski definition) is 2. The van der Waals surface area contributed by atoms with Crippen molar-refractivity contribution in [1.29, 1.82) is 0 Å². The van der Waals surface area contributed by atoms with Gasteiger partial charge in [-0.3, -0.25) is 14.2 Å². The van der Waals surface area contributed by atoms with Gasteiger partial charge < -0.3 is 10.3 Å². The van der Waals surface area contributed by atoms with Crippen molar-refractivity contribution < 1.29 is 4.79 Å². The van der Waals surface area contributed by atoms with Gasteiger partial charge in [-0.25, -0.2) is 4.79 Å². The van der Waals surface area contributed by atoms with Crippen molar-refractivity contribution in [2.24, 2.45) is 0 Å². The van der Waals surface area contributed by atoms with E-state index in [-0.39, 0.29) is 12.1 Å². The number of aromatic nitrogens is 2. The van der Waals surface area contributed by atoms with Gasteiger partial charge in [0.25, 0.3) is 11.5 Å². The number of anilines is 1. The third kappa shape index (κ3) is 3.70. The Kier molecular flexibility index (Phi) is 5.01. The highest BCUT2D eigenvalue weighted by Crippen LogP contribution is 2.23. The monoisotopic (exact) mass is 405 g/mol. The summed E-state index contributed by atoms with van der Waals surface area (Å²) in [4.78, 5) is 40.3. The van der Waals surface area contributed by atoms with Gasteiger partial charge in [0, 0.05) is 22.3 Å². The number of carbonyl (C=O) groups excluding carboxylic acids is 1. The fourth-order valence-corrected chi connectivity index (χ4v) is 3.33. The van der Waals surface area contributed by atoms with Gasteiger partial charge in [0.15, 0.2) is 0 Å². The molecule has 144 valence electrons. The van der Waals surface area contributed by atoms with Crippen molar-refractivity contribution in [2.45, 2.75) is 6.54 Å². The molecule has 1 aromatic heterocycles. The SMILES string of the molecule is O=C(Nc1cccc2ccccc12)c1c[nH]c(=O)n(Cc2ccccc2Cl)c1=O. The standard InChI is InChI=1S/C22H16ClN3O3/c23-18-10-4-2-7-15(18)13-26-21(28)17(12-24-22(26)29)20(27)25-19-11-5-8-14-6-1-3-9-16(14)19/h1-12H,13H2,(H,24,29)(H,25,27). The first-order valence-corrected chi connectivity index (χ1v) is 9.27. The van der Waals surface area contributed by atoms with Crippen LogP contribution >= 0.6 is 11.6 Å². The molecule has 0 atom stereocenters. The zero-order valence-corrected chi connectivity index (χ0v) is 15.9. The minimum absolute atomic E-state index is 0.0385. The van der Waals surface area contributed by atoms with E-state index in [0.29, 0.717) is 16.3 Å². The van der Waals surface area contributed by atoms with E-state index in [1.807, 2.05) is 36.4 Å². The molecule has 6 nitrogen and oxygen atoms in total. The predicted octanol–water partition coefficient (Wildman–Crippen LogP) is 3.64. The largest absolute Gasteiger partial charge is 0.328 e. The summed E-state index contributed by atoms with van der Waals surface area (Å²) in [5.41, 5.74) is -0.280. The van der Waals surface area contributed by atoms with E-state index in [2.05, 4.69) is 10.3 Å². The second kappa shape index (κ2) is 7.77. The molecule has 0 saturated carbocycles. The maximum absolute atomic E-state index is 12.8. The summed E-state index contributed by atoms with van der Waals surface area (Å²) in [6.45, 7) is -0.0385. The van der Waals surface area contributed by atoms with Crippen LogP contribution in [0.15, 0.2) is 82.5 Å². The quantitative estimate of drug-likeness (QED) is 0.543. The summed E-state index contributed by atoms with van der Waals surface area (Å²) in [7, 11) is 0. The zero-order chi connectivity index (χ0) is 20.4. The van der Waals surface area contributed by atoms with Crippen molar-refractivity contribution in [1.82, 2.24) is 9.55 Å². The van der Waals surface area contributed by atoms with E-state index >= 15 is 0 Å². The second-order valence-corrected chi connectivity index (χ2v) is 6.88. The normalized spacial score (nSPS) is 10.8. The Morgan fingerprint density at radius 1 is 0.966 bits per heavy atom. The van der Waals surface area contributed by atoms with Crippen LogP contribution in [0.5, 0.6) is 0 Å². The predicted molar refractivity (Wildman–Crippen MR) is 114 cm³/mol. The van der Waals surface area contributed by atoms with Crippen molar-refractivity contribution in [3.8, 4) is 0 Å². The summed E-state index contributed by atoms with van der Waals surface area (Å²) in [6.07, 6.45) is 1.13. The van der Waals surface area contributed by atoms with Crippen LogP contribution < -0.4 is 16.6 Å². The number of amides is 1. The Morgan fingerprint density at radius 2 is 1.69 bits per heavy atom. The topological polar surface area (TPSA) is 84.0 Å². The van der Waals surface area contributed by atoms with Gasteiger partial charge in [0.1, 0.15) is 5.56 Å². The molecular weight excluding hydrogens is 390 g/mol. The third-order valence-corrected chi connectivity index (χ3v) is 5.00. The molecule has 7 heteroatoms. The van der Waals surface area contributed by atoms with Crippen LogP contribution in [0.25, 0.3) is 10.8 Å². The van der Waals surface area contributed by atoms with Gasteiger partial charge in [-0.15, -0.1) is 0 Å². The molecule has 4 aromatic rings. The highest BCUT2D eigenvalue weighted by molar-refractivity contribution is 6.31. The Balaban J connectivity index is 1.70. The molecule has 0 aliphatic rings. The number of nitrogens with one attached hydrogen (secondary N) is 2. The summed E-state index contributed by atoms with van der Waals surface area (Å²) >= 11 is 6.14. The molecule has 29 heavy (non-hydrogen) atoms. The van der Waals surface area contributed by atoms with E-state index in [0.717, 1.165) is 21.5 Å². The van der Waals surface area contributed by atoms with Crippen LogP contribution in [-0.2, 0) is 6.54 Å². The van der Waals surface area contributed by atoms with E-state index in [4.69, 9.17) is 11.6 Å². The number of H-pyrrole nitrogens is 1. The van der Waals surface area contributed by atoms with Gasteiger partial charge in [-0.1, -0.05) is 66.2 Å². The van der Waals surface area contributed by atoms with Gasteiger partial charge in [-0.2, -0.15) is 0 Å². The van der Waals surface area contributed by atoms with Crippen LogP contribution in [0.3, 0.4) is 0 Å². The summed E-state index contributed by atoms with van der Waals surface area (Å²) in [5.74, 6) is -0.601. The minimum Gasteiger partial charge on any atom is -0.321 e. The first kappa shape index (κ1) is 18.7. The molecule has 0 radical (unpaired) electrons. The lowest BCUT2D eigenvalue weighted by molar-refractivity contribution is 0.102. The van der Waals surface area contributed by atoms with E-state index in [1.54, 1.807) is 30.3 Å². The van der Waals surface area contributed by atoms with Gasteiger partial charge in [0.2, 0.25) is 0 Å². The van der Waals surface area contributed by atoms with Crippen molar-refractivity contribution in [3.63, 3.8) is 0 Å². The van der Waals surface area contributed by atoms with Crippen LogP contribution in [0.2, 0.25) is 5.02 Å². The highest BCUT2D eigenvalue weighted by Gasteiger charge is 2.16. The number of nitrogens with zero attached hydrogens (tertiary/aromatic N) is 1. The Morgan fingerprint density at radius 3 is 2.52 bits per heavy atom. The van der Waals surface area contributed by atoms with Crippen molar-refractivity contribution >= 4 is 34.0 Å². The maximum atomic E-state index is 12.8. The third-order valence-electron chi connectivity index (χ3n) is 4.63. The minimum atomic E-state index is -0.689. The van der Waals surface area contributed by atoms with Crippen LogP contribution in [0.4, 0.5) is 5.69 Å². The van der Waals surface area contributed by atoms with Crippen LogP contribution in [0, 0.1) is 0 Å². The molecular formula is C22H16ClN3O3. The smallest absolute Gasteiger partial charge is 0.321 e. The first-order valence-electron chi connectivity index (χ1n) is 8.89. The average Bonchev–Trinajstić information content (AvgIpc) is 2.72. The second-order valence-electron chi connectivity index (χ2n) is 6.47.